The second kappa shape index (κ2) is 4.35. The largest absolute Gasteiger partial charge is 0.443 e. The SMILES string of the molecule is CC(C)(C)OC(=O)N1C=C(C#N)CCC1. The van der Waals surface area contributed by atoms with Crippen LogP contribution in [0.1, 0.15) is 33.6 Å². The van der Waals surface area contributed by atoms with Gasteiger partial charge in [-0.25, -0.2) is 4.79 Å². The lowest BCUT2D eigenvalue weighted by Crippen LogP contribution is -2.35. The van der Waals surface area contributed by atoms with E-state index in [0.717, 1.165) is 12.8 Å². The summed E-state index contributed by atoms with van der Waals surface area (Å²) in [6.45, 7) is 6.09. The van der Waals surface area contributed by atoms with Gasteiger partial charge in [-0.05, 0) is 33.6 Å². The molecule has 82 valence electrons. The van der Waals surface area contributed by atoms with Gasteiger partial charge in [0.1, 0.15) is 5.60 Å². The summed E-state index contributed by atoms with van der Waals surface area (Å²) in [6, 6.07) is 2.06. The average Bonchev–Trinajstić information content (AvgIpc) is 2.15. The van der Waals surface area contributed by atoms with Gasteiger partial charge in [0.2, 0.25) is 0 Å². The number of nitriles is 1. The van der Waals surface area contributed by atoms with Gasteiger partial charge in [0.25, 0.3) is 0 Å². The van der Waals surface area contributed by atoms with Gasteiger partial charge in [0, 0.05) is 18.3 Å². The third kappa shape index (κ3) is 3.62. The molecule has 4 heteroatoms. The van der Waals surface area contributed by atoms with Crippen molar-refractivity contribution in [3.05, 3.63) is 11.8 Å². The number of carbonyl (C=O) groups excluding carboxylic acids is 1. The first-order chi connectivity index (χ1) is 6.92. The van der Waals surface area contributed by atoms with E-state index in [2.05, 4.69) is 6.07 Å². The highest BCUT2D eigenvalue weighted by molar-refractivity contribution is 5.70. The number of nitrogens with zero attached hydrogens (tertiary/aromatic N) is 2. The highest BCUT2D eigenvalue weighted by atomic mass is 16.6. The fraction of sp³-hybridized carbons (Fsp3) is 0.636. The first kappa shape index (κ1) is 11.6. The van der Waals surface area contributed by atoms with Gasteiger partial charge in [0.15, 0.2) is 0 Å². The second-order valence-corrected chi connectivity index (χ2v) is 4.54. The molecule has 1 amide bonds. The third-order valence-corrected chi connectivity index (χ3v) is 1.93. The van der Waals surface area contributed by atoms with Gasteiger partial charge in [0.05, 0.1) is 6.07 Å². The van der Waals surface area contributed by atoms with Crippen LogP contribution in [0, 0.1) is 11.3 Å². The maximum atomic E-state index is 11.6. The Labute approximate surface area is 90.1 Å². The lowest BCUT2D eigenvalue weighted by molar-refractivity contribution is 0.0325. The zero-order valence-corrected chi connectivity index (χ0v) is 9.41. The summed E-state index contributed by atoms with van der Waals surface area (Å²) in [7, 11) is 0. The van der Waals surface area contributed by atoms with Crippen LogP contribution in [-0.2, 0) is 4.74 Å². The van der Waals surface area contributed by atoms with Gasteiger partial charge < -0.3 is 4.74 Å². The molecule has 1 heterocycles. The number of hydrogen-bond acceptors (Lipinski definition) is 3. The van der Waals surface area contributed by atoms with Crippen molar-refractivity contribution in [2.24, 2.45) is 0 Å². The van der Waals surface area contributed by atoms with Crippen LogP contribution in [0.4, 0.5) is 4.79 Å². The Hall–Kier alpha value is -1.50. The van der Waals surface area contributed by atoms with Crippen LogP contribution in [0.2, 0.25) is 0 Å². The van der Waals surface area contributed by atoms with Crippen molar-refractivity contribution in [3.8, 4) is 6.07 Å². The molecule has 0 radical (unpaired) electrons. The van der Waals surface area contributed by atoms with Gasteiger partial charge in [-0.1, -0.05) is 0 Å². The molecular weight excluding hydrogens is 192 g/mol. The predicted molar refractivity (Wildman–Crippen MR) is 55.9 cm³/mol. The Kier molecular flexibility index (Phi) is 3.35. The molecule has 0 saturated heterocycles. The van der Waals surface area contributed by atoms with Crippen LogP contribution in [0.25, 0.3) is 0 Å². The molecule has 0 aromatic rings. The van der Waals surface area contributed by atoms with Crippen molar-refractivity contribution in [2.45, 2.75) is 39.2 Å². The van der Waals surface area contributed by atoms with Crippen molar-refractivity contribution >= 4 is 6.09 Å². The van der Waals surface area contributed by atoms with E-state index in [4.69, 9.17) is 10.00 Å². The molecule has 0 aliphatic carbocycles. The molecule has 0 saturated carbocycles. The minimum absolute atomic E-state index is 0.380. The Bertz CT molecular complexity index is 320. The molecule has 0 N–H and O–H groups in total. The second-order valence-electron chi connectivity index (χ2n) is 4.54. The number of allylic oxidation sites excluding steroid dienone is 1. The molecule has 1 rings (SSSR count). The number of carbonyl (C=O) groups is 1. The van der Waals surface area contributed by atoms with E-state index in [9.17, 15) is 4.79 Å². The van der Waals surface area contributed by atoms with Crippen LogP contribution in [-0.4, -0.2) is 23.1 Å². The van der Waals surface area contributed by atoms with Gasteiger partial charge >= 0.3 is 6.09 Å². The molecule has 0 bridgehead atoms. The molecule has 0 atom stereocenters. The fourth-order valence-electron chi connectivity index (χ4n) is 1.31. The smallest absolute Gasteiger partial charge is 0.414 e. The van der Waals surface area contributed by atoms with Crippen LogP contribution in [0.3, 0.4) is 0 Å². The van der Waals surface area contributed by atoms with E-state index in [1.807, 2.05) is 20.8 Å². The number of amides is 1. The fourth-order valence-corrected chi connectivity index (χ4v) is 1.31. The standard InChI is InChI=1S/C11H16N2O2/c1-11(2,3)15-10(14)13-6-4-5-9(7-12)8-13/h8H,4-6H2,1-3H3. The first-order valence-corrected chi connectivity index (χ1v) is 5.03. The number of ether oxygens (including phenoxy) is 1. The maximum Gasteiger partial charge on any atom is 0.414 e. The highest BCUT2D eigenvalue weighted by Gasteiger charge is 2.22. The minimum Gasteiger partial charge on any atom is -0.443 e. The summed E-state index contributed by atoms with van der Waals surface area (Å²) in [5.41, 5.74) is 0.141. The van der Waals surface area contributed by atoms with E-state index < -0.39 is 5.60 Å². The topological polar surface area (TPSA) is 53.3 Å². The van der Waals surface area contributed by atoms with E-state index in [1.165, 1.54) is 4.90 Å². The van der Waals surface area contributed by atoms with Gasteiger partial charge in [-0.2, -0.15) is 5.26 Å². The lowest BCUT2D eigenvalue weighted by Gasteiger charge is -2.27. The van der Waals surface area contributed by atoms with Crippen LogP contribution >= 0.6 is 0 Å². The van der Waals surface area contributed by atoms with Crippen molar-refractivity contribution in [1.29, 1.82) is 5.26 Å². The average molecular weight is 208 g/mol. The Morgan fingerprint density at radius 3 is 2.80 bits per heavy atom. The summed E-state index contributed by atoms with van der Waals surface area (Å²) >= 11 is 0. The Morgan fingerprint density at radius 2 is 2.27 bits per heavy atom. The van der Waals surface area contributed by atoms with E-state index in [0.29, 0.717) is 12.1 Å². The highest BCUT2D eigenvalue weighted by Crippen LogP contribution is 2.17. The maximum absolute atomic E-state index is 11.6. The summed E-state index contributed by atoms with van der Waals surface area (Å²) in [4.78, 5) is 13.1. The van der Waals surface area contributed by atoms with Crippen molar-refractivity contribution in [2.75, 3.05) is 6.54 Å². The van der Waals surface area contributed by atoms with Crippen LogP contribution < -0.4 is 0 Å². The minimum atomic E-state index is -0.491. The third-order valence-electron chi connectivity index (χ3n) is 1.93. The molecular formula is C11H16N2O2. The van der Waals surface area contributed by atoms with E-state index >= 15 is 0 Å². The number of rotatable bonds is 0. The molecule has 0 spiro atoms. The molecule has 0 aromatic carbocycles. The Morgan fingerprint density at radius 1 is 1.60 bits per heavy atom. The molecule has 15 heavy (non-hydrogen) atoms. The quantitative estimate of drug-likeness (QED) is 0.614. The van der Waals surface area contributed by atoms with E-state index in [1.54, 1.807) is 6.20 Å². The number of hydrogen-bond donors (Lipinski definition) is 0. The molecule has 1 aliphatic rings. The summed E-state index contributed by atoms with van der Waals surface area (Å²) < 4.78 is 5.20. The van der Waals surface area contributed by atoms with Gasteiger partial charge in [-0.3, -0.25) is 4.90 Å². The zero-order chi connectivity index (χ0) is 11.5. The molecule has 1 aliphatic heterocycles. The summed E-state index contributed by atoms with van der Waals surface area (Å²) in [5.74, 6) is 0. The molecule has 0 unspecified atom stereocenters. The van der Waals surface area contributed by atoms with Crippen molar-refractivity contribution in [3.63, 3.8) is 0 Å². The monoisotopic (exact) mass is 208 g/mol. The van der Waals surface area contributed by atoms with Crippen LogP contribution in [0.5, 0.6) is 0 Å². The normalized spacial score (nSPS) is 16.7. The summed E-state index contributed by atoms with van der Waals surface area (Å²) in [6.07, 6.45) is 2.77. The first-order valence-electron chi connectivity index (χ1n) is 5.03. The molecule has 4 nitrogen and oxygen atoms in total. The Balaban J connectivity index is 2.65. The van der Waals surface area contributed by atoms with Gasteiger partial charge in [-0.15, -0.1) is 0 Å². The predicted octanol–water partition coefficient (Wildman–Crippen LogP) is 2.42. The van der Waals surface area contributed by atoms with E-state index in [-0.39, 0.29) is 6.09 Å². The van der Waals surface area contributed by atoms with Crippen molar-refractivity contribution in [1.82, 2.24) is 4.90 Å². The molecule has 0 aromatic heterocycles. The summed E-state index contributed by atoms with van der Waals surface area (Å²) in [5, 5.41) is 8.73. The van der Waals surface area contributed by atoms with Crippen molar-refractivity contribution < 1.29 is 9.53 Å². The zero-order valence-electron chi connectivity index (χ0n) is 9.41. The van der Waals surface area contributed by atoms with Crippen LogP contribution in [0.15, 0.2) is 11.8 Å². The lowest BCUT2D eigenvalue weighted by atomic mass is 10.1. The molecule has 0 fully saturated rings.